The van der Waals surface area contributed by atoms with Gasteiger partial charge >= 0.3 is 0 Å². The molecule has 0 aliphatic carbocycles. The molecule has 0 unspecified atom stereocenters. The van der Waals surface area contributed by atoms with Crippen molar-refractivity contribution in [2.24, 2.45) is 0 Å². The van der Waals surface area contributed by atoms with Crippen LogP contribution in [0.5, 0.6) is 0 Å². The minimum atomic E-state index is 1.15. The first-order valence-electron chi connectivity index (χ1n) is 5.07. The normalized spacial score (nSPS) is 11.0. The Balaban J connectivity index is 2.36. The van der Waals surface area contributed by atoms with Gasteiger partial charge in [-0.15, -0.1) is 0 Å². The third kappa shape index (κ3) is 1.85. The van der Waals surface area contributed by atoms with E-state index in [-0.39, 0.29) is 0 Å². The van der Waals surface area contributed by atoms with Crippen LogP contribution < -0.4 is 0 Å². The summed E-state index contributed by atoms with van der Waals surface area (Å²) in [7, 11) is 0. The molecule has 0 atom stereocenters. The molecule has 2 heteroatoms. The van der Waals surface area contributed by atoms with E-state index in [4.69, 9.17) is 0 Å². The molecule has 0 aliphatic rings. The molecule has 0 saturated carbocycles. The Morgan fingerprint density at radius 1 is 1.36 bits per heavy atom. The number of H-pyrrole nitrogens is 1. The summed E-state index contributed by atoms with van der Waals surface area (Å²) in [5.41, 5.74) is 2.57. The Hall–Kier alpha value is -0.760. The molecule has 74 valence electrons. The van der Waals surface area contributed by atoms with E-state index >= 15 is 0 Å². The van der Waals surface area contributed by atoms with Crippen molar-refractivity contribution in [3.05, 3.63) is 34.4 Å². The first-order valence-corrected chi connectivity index (χ1v) is 5.86. The largest absolute Gasteiger partial charge is 0.358 e. The molecule has 14 heavy (non-hydrogen) atoms. The summed E-state index contributed by atoms with van der Waals surface area (Å²) < 4.78 is 1.17. The zero-order chi connectivity index (χ0) is 9.97. The van der Waals surface area contributed by atoms with Crippen molar-refractivity contribution in [2.75, 3.05) is 0 Å². The number of aromatic amines is 1. The lowest BCUT2D eigenvalue weighted by molar-refractivity contribution is 0.782. The average molecular weight is 252 g/mol. The number of aromatic nitrogens is 1. The molecule has 1 aromatic heterocycles. The van der Waals surface area contributed by atoms with E-state index in [2.05, 4.69) is 52.1 Å². The first kappa shape index (κ1) is 9.78. The zero-order valence-electron chi connectivity index (χ0n) is 8.31. The third-order valence-electron chi connectivity index (χ3n) is 2.47. The lowest BCUT2D eigenvalue weighted by Crippen LogP contribution is -1.82. The number of hydrogen-bond acceptors (Lipinski definition) is 0. The number of unbranched alkanes of at least 4 members (excludes halogenated alkanes) is 1. The number of hydrogen-bond donors (Lipinski definition) is 1. The van der Waals surface area contributed by atoms with Gasteiger partial charge in [-0.25, -0.2) is 0 Å². The highest BCUT2D eigenvalue weighted by Crippen LogP contribution is 2.24. The number of nitrogens with one attached hydrogen (secondary N) is 1. The maximum absolute atomic E-state index is 3.56. The van der Waals surface area contributed by atoms with Crippen LogP contribution in [0.3, 0.4) is 0 Å². The fourth-order valence-corrected chi connectivity index (χ4v) is 2.16. The lowest BCUT2D eigenvalue weighted by Gasteiger charge is -1.92. The number of fused-ring (bicyclic) bond motifs is 1. The molecule has 0 aliphatic heterocycles. The van der Waals surface area contributed by atoms with Crippen LogP contribution in [0.25, 0.3) is 10.9 Å². The molecule has 0 bridgehead atoms. The Labute approximate surface area is 92.6 Å². The van der Waals surface area contributed by atoms with Gasteiger partial charge in [-0.3, -0.25) is 0 Å². The van der Waals surface area contributed by atoms with E-state index < -0.39 is 0 Å². The summed E-state index contributed by atoms with van der Waals surface area (Å²) in [4.78, 5) is 3.44. The molecule has 0 spiro atoms. The van der Waals surface area contributed by atoms with Gasteiger partial charge in [-0.1, -0.05) is 35.3 Å². The SMILES string of the molecule is CCCCc1cc2c(Br)cccc2[nH]1. The maximum Gasteiger partial charge on any atom is 0.0467 e. The second kappa shape index (κ2) is 4.18. The summed E-state index contributed by atoms with van der Waals surface area (Å²) in [5, 5.41) is 1.29. The number of rotatable bonds is 3. The van der Waals surface area contributed by atoms with Gasteiger partial charge in [0.1, 0.15) is 0 Å². The molecule has 2 aromatic rings. The van der Waals surface area contributed by atoms with Crippen molar-refractivity contribution in [1.29, 1.82) is 0 Å². The average Bonchev–Trinajstić information content (AvgIpc) is 2.59. The Kier molecular flexibility index (Phi) is 2.92. The summed E-state index contributed by atoms with van der Waals surface area (Å²) in [5.74, 6) is 0. The van der Waals surface area contributed by atoms with E-state index in [1.165, 1.54) is 33.9 Å². The van der Waals surface area contributed by atoms with Gasteiger partial charge in [0.05, 0.1) is 0 Å². The fraction of sp³-hybridized carbons (Fsp3) is 0.333. The molecule has 1 N–H and O–H groups in total. The predicted molar refractivity (Wildman–Crippen MR) is 64.6 cm³/mol. The molecule has 1 nitrogen and oxygen atoms in total. The van der Waals surface area contributed by atoms with Crippen LogP contribution in [0.4, 0.5) is 0 Å². The van der Waals surface area contributed by atoms with Crippen LogP contribution in [0, 0.1) is 0 Å². The highest BCUT2D eigenvalue weighted by molar-refractivity contribution is 9.10. The van der Waals surface area contributed by atoms with Gasteiger partial charge < -0.3 is 4.98 Å². The standard InChI is InChI=1S/C12H14BrN/c1-2-3-5-9-8-10-11(13)6-4-7-12(10)14-9/h4,6-8,14H,2-3,5H2,1H3. The molecular weight excluding hydrogens is 238 g/mol. The predicted octanol–water partition coefficient (Wildman–Crippen LogP) is 4.27. The van der Waals surface area contributed by atoms with Gasteiger partial charge in [-0.05, 0) is 31.0 Å². The Bertz CT molecular complexity index is 431. The minimum absolute atomic E-state index is 1.15. The van der Waals surface area contributed by atoms with Crippen molar-refractivity contribution in [1.82, 2.24) is 4.98 Å². The third-order valence-corrected chi connectivity index (χ3v) is 3.16. The van der Waals surface area contributed by atoms with Crippen LogP contribution in [-0.2, 0) is 6.42 Å². The quantitative estimate of drug-likeness (QED) is 0.839. The van der Waals surface area contributed by atoms with Crippen LogP contribution in [0.15, 0.2) is 28.7 Å². The van der Waals surface area contributed by atoms with Crippen molar-refractivity contribution in [3.63, 3.8) is 0 Å². The highest BCUT2D eigenvalue weighted by atomic mass is 79.9. The van der Waals surface area contributed by atoms with Gasteiger partial charge in [0.15, 0.2) is 0 Å². The van der Waals surface area contributed by atoms with E-state index in [0.717, 1.165) is 6.42 Å². The molecule has 0 amide bonds. The van der Waals surface area contributed by atoms with Crippen molar-refractivity contribution in [2.45, 2.75) is 26.2 Å². The molecule has 0 radical (unpaired) electrons. The first-order chi connectivity index (χ1) is 6.81. The van der Waals surface area contributed by atoms with E-state index in [0.29, 0.717) is 0 Å². The Morgan fingerprint density at radius 3 is 2.93 bits per heavy atom. The van der Waals surface area contributed by atoms with E-state index in [1.54, 1.807) is 0 Å². The van der Waals surface area contributed by atoms with E-state index in [1.807, 2.05) is 0 Å². The molecule has 2 rings (SSSR count). The monoisotopic (exact) mass is 251 g/mol. The number of halogens is 1. The van der Waals surface area contributed by atoms with Gasteiger partial charge in [0, 0.05) is 21.1 Å². The van der Waals surface area contributed by atoms with Crippen molar-refractivity contribution < 1.29 is 0 Å². The summed E-state index contributed by atoms with van der Waals surface area (Å²) >= 11 is 3.56. The molecule has 1 aromatic carbocycles. The van der Waals surface area contributed by atoms with Crippen LogP contribution >= 0.6 is 15.9 Å². The maximum atomic E-state index is 3.56. The summed E-state index contributed by atoms with van der Waals surface area (Å²) in [6.45, 7) is 2.22. The lowest BCUT2D eigenvalue weighted by atomic mass is 10.2. The molecule has 0 saturated heterocycles. The summed E-state index contributed by atoms with van der Waals surface area (Å²) in [6.07, 6.45) is 3.65. The van der Waals surface area contributed by atoms with Crippen molar-refractivity contribution in [3.8, 4) is 0 Å². The number of aryl methyl sites for hydroxylation is 1. The summed E-state index contributed by atoms with van der Waals surface area (Å²) in [6, 6.07) is 8.51. The minimum Gasteiger partial charge on any atom is -0.358 e. The smallest absolute Gasteiger partial charge is 0.0467 e. The molecule has 0 fully saturated rings. The zero-order valence-corrected chi connectivity index (χ0v) is 9.89. The van der Waals surface area contributed by atoms with Gasteiger partial charge in [0.2, 0.25) is 0 Å². The van der Waals surface area contributed by atoms with Crippen molar-refractivity contribution >= 4 is 26.8 Å². The van der Waals surface area contributed by atoms with Gasteiger partial charge in [-0.2, -0.15) is 0 Å². The second-order valence-corrected chi connectivity index (χ2v) is 4.45. The highest BCUT2D eigenvalue weighted by Gasteiger charge is 2.02. The fourth-order valence-electron chi connectivity index (χ4n) is 1.68. The van der Waals surface area contributed by atoms with E-state index in [9.17, 15) is 0 Å². The molecule has 1 heterocycles. The second-order valence-electron chi connectivity index (χ2n) is 3.60. The Morgan fingerprint density at radius 2 is 2.21 bits per heavy atom. The number of benzene rings is 1. The topological polar surface area (TPSA) is 15.8 Å². The molecular formula is C12H14BrN. The van der Waals surface area contributed by atoms with Gasteiger partial charge in [0.25, 0.3) is 0 Å². The van der Waals surface area contributed by atoms with Crippen LogP contribution in [0.1, 0.15) is 25.5 Å². The van der Waals surface area contributed by atoms with Crippen LogP contribution in [-0.4, -0.2) is 4.98 Å². The van der Waals surface area contributed by atoms with Crippen LogP contribution in [0.2, 0.25) is 0 Å².